The Labute approximate surface area is 92.4 Å². The highest BCUT2D eigenvalue weighted by Gasteiger charge is 2.31. The van der Waals surface area contributed by atoms with Gasteiger partial charge in [-0.15, -0.1) is 13.2 Å². The van der Waals surface area contributed by atoms with Gasteiger partial charge in [0, 0.05) is 6.07 Å². The van der Waals surface area contributed by atoms with Crippen molar-refractivity contribution in [1.82, 2.24) is 0 Å². The third kappa shape index (κ3) is 4.58. The van der Waals surface area contributed by atoms with Gasteiger partial charge < -0.3 is 14.6 Å². The van der Waals surface area contributed by atoms with E-state index in [0.29, 0.717) is 6.07 Å². The summed E-state index contributed by atoms with van der Waals surface area (Å²) in [6, 6.07) is 2.11. The quantitative estimate of drug-likeness (QED) is 0.837. The van der Waals surface area contributed by atoms with Crippen LogP contribution >= 0.6 is 0 Å². The van der Waals surface area contributed by atoms with Crippen LogP contribution in [0.1, 0.15) is 0 Å². The maximum absolute atomic E-state index is 13.1. The number of hydrogen-bond acceptors (Lipinski definition) is 3. The predicted molar refractivity (Wildman–Crippen MR) is 46.2 cm³/mol. The standard InChI is InChI=1S/C9H6F4O4/c10-6-3-5(17-9(11,12)13)1-2-7(6)16-4-8(14)15/h1-3H,4H2,(H,14,15). The molecular weight excluding hydrogens is 248 g/mol. The second kappa shape index (κ2) is 4.89. The average molecular weight is 254 g/mol. The summed E-state index contributed by atoms with van der Waals surface area (Å²) < 4.78 is 56.4. The number of carboxylic acids is 1. The van der Waals surface area contributed by atoms with Gasteiger partial charge in [0.2, 0.25) is 0 Å². The molecule has 1 N–H and O–H groups in total. The Hall–Kier alpha value is -1.99. The first-order chi connectivity index (χ1) is 7.78. The van der Waals surface area contributed by atoms with Crippen molar-refractivity contribution in [2.45, 2.75) is 6.36 Å². The van der Waals surface area contributed by atoms with E-state index in [1.165, 1.54) is 0 Å². The van der Waals surface area contributed by atoms with Gasteiger partial charge >= 0.3 is 12.3 Å². The molecule has 0 radical (unpaired) electrons. The topological polar surface area (TPSA) is 55.8 Å². The van der Waals surface area contributed by atoms with E-state index in [-0.39, 0.29) is 0 Å². The maximum atomic E-state index is 13.1. The summed E-state index contributed by atoms with van der Waals surface area (Å²) in [5.74, 6) is -3.70. The van der Waals surface area contributed by atoms with Crippen LogP contribution in [0.25, 0.3) is 0 Å². The molecule has 0 spiro atoms. The normalized spacial score (nSPS) is 11.1. The molecule has 0 aliphatic heterocycles. The Morgan fingerprint density at radius 2 is 2.00 bits per heavy atom. The molecule has 94 valence electrons. The molecule has 1 rings (SSSR count). The number of aliphatic carboxylic acids is 1. The minimum atomic E-state index is -4.92. The van der Waals surface area contributed by atoms with E-state index in [4.69, 9.17) is 5.11 Å². The number of rotatable bonds is 4. The smallest absolute Gasteiger partial charge is 0.479 e. The lowest BCUT2D eigenvalue weighted by atomic mass is 10.3. The molecule has 8 heteroatoms. The molecule has 0 aliphatic rings. The van der Waals surface area contributed by atoms with Crippen molar-refractivity contribution in [1.29, 1.82) is 0 Å². The number of halogens is 4. The van der Waals surface area contributed by atoms with E-state index in [1.54, 1.807) is 0 Å². The number of benzene rings is 1. The van der Waals surface area contributed by atoms with Crippen LogP contribution in [0.3, 0.4) is 0 Å². The van der Waals surface area contributed by atoms with Gasteiger partial charge in [0.15, 0.2) is 18.2 Å². The first kappa shape index (κ1) is 13.1. The van der Waals surface area contributed by atoms with Gasteiger partial charge in [0.1, 0.15) is 5.75 Å². The van der Waals surface area contributed by atoms with Gasteiger partial charge in [-0.05, 0) is 12.1 Å². The third-order valence-electron chi connectivity index (χ3n) is 1.49. The molecule has 0 heterocycles. The molecule has 0 saturated carbocycles. The summed E-state index contributed by atoms with van der Waals surface area (Å²) in [6.07, 6.45) is -4.92. The van der Waals surface area contributed by atoms with Crippen molar-refractivity contribution in [2.75, 3.05) is 6.61 Å². The van der Waals surface area contributed by atoms with Crippen molar-refractivity contribution in [3.8, 4) is 11.5 Å². The largest absolute Gasteiger partial charge is 0.573 e. The van der Waals surface area contributed by atoms with E-state index in [2.05, 4.69) is 9.47 Å². The molecule has 0 unspecified atom stereocenters. The van der Waals surface area contributed by atoms with Crippen molar-refractivity contribution in [2.24, 2.45) is 0 Å². The number of alkyl halides is 3. The lowest BCUT2D eigenvalue weighted by Crippen LogP contribution is -2.17. The molecule has 0 amide bonds. The van der Waals surface area contributed by atoms with Crippen LogP contribution in [-0.4, -0.2) is 24.0 Å². The van der Waals surface area contributed by atoms with Crippen LogP contribution < -0.4 is 9.47 Å². The first-order valence-corrected chi connectivity index (χ1v) is 4.18. The van der Waals surface area contributed by atoms with Crippen molar-refractivity contribution < 1.29 is 36.9 Å². The summed E-state index contributed by atoms with van der Waals surface area (Å²) >= 11 is 0. The highest BCUT2D eigenvalue weighted by Crippen LogP contribution is 2.27. The third-order valence-corrected chi connectivity index (χ3v) is 1.49. The Balaban J connectivity index is 2.76. The number of ether oxygens (including phenoxy) is 2. The van der Waals surface area contributed by atoms with Gasteiger partial charge in [-0.2, -0.15) is 0 Å². The van der Waals surface area contributed by atoms with E-state index in [9.17, 15) is 22.4 Å². The van der Waals surface area contributed by atoms with Gasteiger partial charge in [0.05, 0.1) is 0 Å². The molecule has 0 fully saturated rings. The fourth-order valence-electron chi connectivity index (χ4n) is 0.935. The van der Waals surface area contributed by atoms with E-state index in [0.717, 1.165) is 12.1 Å². The first-order valence-electron chi connectivity index (χ1n) is 4.18. The Morgan fingerprint density at radius 3 is 2.47 bits per heavy atom. The van der Waals surface area contributed by atoms with Gasteiger partial charge in [-0.3, -0.25) is 0 Å². The molecule has 0 aromatic heterocycles. The van der Waals surface area contributed by atoms with Crippen molar-refractivity contribution in [3.63, 3.8) is 0 Å². The molecule has 17 heavy (non-hydrogen) atoms. The number of hydrogen-bond donors (Lipinski definition) is 1. The van der Waals surface area contributed by atoms with E-state index >= 15 is 0 Å². The molecule has 1 aromatic rings. The van der Waals surface area contributed by atoms with Crippen LogP contribution in [0.4, 0.5) is 17.6 Å². The SMILES string of the molecule is O=C(O)COc1ccc(OC(F)(F)F)cc1F. The minimum absolute atomic E-state index is 0.449. The zero-order chi connectivity index (χ0) is 13.1. The Bertz CT molecular complexity index is 416. The molecule has 0 atom stereocenters. The van der Waals surface area contributed by atoms with Crippen LogP contribution in [0.5, 0.6) is 11.5 Å². The predicted octanol–water partition coefficient (Wildman–Crippen LogP) is 2.19. The lowest BCUT2D eigenvalue weighted by Gasteiger charge is -2.10. The zero-order valence-electron chi connectivity index (χ0n) is 8.12. The Kier molecular flexibility index (Phi) is 3.77. The fraction of sp³-hybridized carbons (Fsp3) is 0.222. The minimum Gasteiger partial charge on any atom is -0.479 e. The van der Waals surface area contributed by atoms with Gasteiger partial charge in [0.25, 0.3) is 0 Å². The molecular formula is C9H6F4O4. The Morgan fingerprint density at radius 1 is 1.35 bits per heavy atom. The van der Waals surface area contributed by atoms with Crippen molar-refractivity contribution >= 4 is 5.97 Å². The van der Waals surface area contributed by atoms with Crippen LogP contribution in [-0.2, 0) is 4.79 Å². The van der Waals surface area contributed by atoms with Crippen LogP contribution in [0.15, 0.2) is 18.2 Å². The molecule has 4 nitrogen and oxygen atoms in total. The van der Waals surface area contributed by atoms with Crippen LogP contribution in [0, 0.1) is 5.82 Å². The van der Waals surface area contributed by atoms with E-state index < -0.39 is 36.3 Å². The van der Waals surface area contributed by atoms with Crippen molar-refractivity contribution in [3.05, 3.63) is 24.0 Å². The summed E-state index contributed by atoms with van der Waals surface area (Å²) in [4.78, 5) is 10.1. The summed E-state index contributed by atoms with van der Waals surface area (Å²) in [6.45, 7) is -0.795. The number of carbonyl (C=O) groups is 1. The monoisotopic (exact) mass is 254 g/mol. The molecule has 1 aromatic carbocycles. The summed E-state index contributed by atoms with van der Waals surface area (Å²) in [5.41, 5.74) is 0. The molecule has 0 saturated heterocycles. The number of carboxylic acid groups (broad SMARTS) is 1. The maximum Gasteiger partial charge on any atom is 0.573 e. The lowest BCUT2D eigenvalue weighted by molar-refractivity contribution is -0.274. The second-order valence-corrected chi connectivity index (χ2v) is 2.82. The highest BCUT2D eigenvalue weighted by atomic mass is 19.4. The van der Waals surface area contributed by atoms with Gasteiger partial charge in [-0.1, -0.05) is 0 Å². The highest BCUT2D eigenvalue weighted by molar-refractivity contribution is 5.68. The molecule has 0 aliphatic carbocycles. The van der Waals surface area contributed by atoms with Gasteiger partial charge in [-0.25, -0.2) is 9.18 Å². The summed E-state index contributed by atoms with van der Waals surface area (Å²) in [7, 11) is 0. The van der Waals surface area contributed by atoms with Crippen LogP contribution in [0.2, 0.25) is 0 Å². The second-order valence-electron chi connectivity index (χ2n) is 2.82. The average Bonchev–Trinajstić information content (AvgIpc) is 2.13. The summed E-state index contributed by atoms with van der Waals surface area (Å²) in [5, 5.41) is 8.25. The zero-order valence-corrected chi connectivity index (χ0v) is 8.12. The fourth-order valence-corrected chi connectivity index (χ4v) is 0.935. The molecule has 0 bridgehead atoms. The van der Waals surface area contributed by atoms with E-state index in [1.807, 2.05) is 0 Å².